The molecule has 0 bridgehead atoms. The number of carbonyl (C=O) groups is 1. The lowest BCUT2D eigenvalue weighted by Gasteiger charge is -2.18. The summed E-state index contributed by atoms with van der Waals surface area (Å²) in [5.41, 5.74) is 6.21. The normalized spacial score (nSPS) is 21.1. The van der Waals surface area contributed by atoms with Crippen molar-refractivity contribution in [2.75, 3.05) is 13.1 Å². The highest BCUT2D eigenvalue weighted by Crippen LogP contribution is 2.26. The largest absolute Gasteiger partial charge is 0.507 e. The Balaban J connectivity index is 2.13. The van der Waals surface area contributed by atoms with Crippen LogP contribution in [0.4, 0.5) is 0 Å². The number of phenols is 1. The smallest absolute Gasteiger partial charge is 0.257 e. The van der Waals surface area contributed by atoms with E-state index in [0.29, 0.717) is 24.6 Å². The lowest BCUT2D eigenvalue weighted by molar-refractivity contribution is 0.0783. The van der Waals surface area contributed by atoms with Crippen LogP contribution in [0.15, 0.2) is 22.7 Å². The van der Waals surface area contributed by atoms with E-state index in [2.05, 4.69) is 15.9 Å². The average Bonchev–Trinajstić information content (AvgIpc) is 2.77. The van der Waals surface area contributed by atoms with Gasteiger partial charge in [-0.1, -0.05) is 15.9 Å². The van der Waals surface area contributed by atoms with Crippen LogP contribution in [0.1, 0.15) is 23.7 Å². The monoisotopic (exact) mass is 312 g/mol. The molecule has 18 heavy (non-hydrogen) atoms. The van der Waals surface area contributed by atoms with Crippen LogP contribution in [0.5, 0.6) is 5.75 Å². The Hall–Kier alpha value is -1.07. The van der Waals surface area contributed by atoms with Crippen molar-refractivity contribution in [1.82, 2.24) is 4.90 Å². The molecule has 5 heteroatoms. The molecule has 4 nitrogen and oxygen atoms in total. The highest BCUT2D eigenvalue weighted by molar-refractivity contribution is 9.10. The summed E-state index contributed by atoms with van der Waals surface area (Å²) in [4.78, 5) is 14.0. The van der Waals surface area contributed by atoms with Crippen molar-refractivity contribution in [1.29, 1.82) is 0 Å². The minimum absolute atomic E-state index is 0.0126. The highest BCUT2D eigenvalue weighted by Gasteiger charge is 2.29. The molecule has 1 saturated heterocycles. The van der Waals surface area contributed by atoms with Gasteiger partial charge < -0.3 is 15.7 Å². The van der Waals surface area contributed by atoms with E-state index in [0.717, 1.165) is 10.9 Å². The third-order valence-corrected chi connectivity index (χ3v) is 3.94. The SMILES string of the molecule is CC(N)C1CCN(C(=O)c2ccc(Br)cc2O)C1. The van der Waals surface area contributed by atoms with Crippen molar-refractivity contribution in [3.8, 4) is 5.75 Å². The quantitative estimate of drug-likeness (QED) is 0.877. The van der Waals surface area contributed by atoms with Crippen molar-refractivity contribution in [3.05, 3.63) is 28.2 Å². The maximum atomic E-state index is 12.3. The third-order valence-electron chi connectivity index (χ3n) is 3.45. The zero-order chi connectivity index (χ0) is 13.3. The standard InChI is InChI=1S/C13H17BrN2O2/c1-8(15)9-4-5-16(7-9)13(18)11-3-2-10(14)6-12(11)17/h2-3,6,8-9,17H,4-5,7,15H2,1H3. The lowest BCUT2D eigenvalue weighted by Crippen LogP contribution is -2.33. The number of likely N-dealkylation sites (tertiary alicyclic amines) is 1. The van der Waals surface area contributed by atoms with Crippen LogP contribution in [0.25, 0.3) is 0 Å². The third kappa shape index (κ3) is 2.67. The summed E-state index contributed by atoms with van der Waals surface area (Å²) in [6.07, 6.45) is 0.931. The zero-order valence-electron chi connectivity index (χ0n) is 10.3. The second-order valence-electron chi connectivity index (χ2n) is 4.82. The summed E-state index contributed by atoms with van der Waals surface area (Å²) in [6, 6.07) is 5.03. The summed E-state index contributed by atoms with van der Waals surface area (Å²) in [5, 5.41) is 9.79. The number of hydrogen-bond acceptors (Lipinski definition) is 3. The highest BCUT2D eigenvalue weighted by atomic mass is 79.9. The predicted molar refractivity (Wildman–Crippen MR) is 73.5 cm³/mol. The van der Waals surface area contributed by atoms with Gasteiger partial charge in [0.2, 0.25) is 0 Å². The van der Waals surface area contributed by atoms with Crippen molar-refractivity contribution in [3.63, 3.8) is 0 Å². The predicted octanol–water partition coefficient (Wildman–Crippen LogP) is 1.96. The molecular formula is C13H17BrN2O2. The van der Waals surface area contributed by atoms with Crippen molar-refractivity contribution < 1.29 is 9.90 Å². The minimum atomic E-state index is -0.122. The summed E-state index contributed by atoms with van der Waals surface area (Å²) < 4.78 is 0.756. The van der Waals surface area contributed by atoms with Gasteiger partial charge in [-0.15, -0.1) is 0 Å². The number of amides is 1. The Kier molecular flexibility index (Phi) is 3.92. The molecule has 98 valence electrons. The van der Waals surface area contributed by atoms with E-state index < -0.39 is 0 Å². The van der Waals surface area contributed by atoms with Crippen LogP contribution < -0.4 is 5.73 Å². The second-order valence-corrected chi connectivity index (χ2v) is 5.74. The van der Waals surface area contributed by atoms with E-state index >= 15 is 0 Å². The van der Waals surface area contributed by atoms with Crippen LogP contribution in [0, 0.1) is 5.92 Å². The van der Waals surface area contributed by atoms with E-state index in [4.69, 9.17) is 5.73 Å². The maximum Gasteiger partial charge on any atom is 0.257 e. The molecule has 0 saturated carbocycles. The fourth-order valence-electron chi connectivity index (χ4n) is 2.26. The van der Waals surface area contributed by atoms with Gasteiger partial charge in [-0.2, -0.15) is 0 Å². The molecule has 2 atom stereocenters. The van der Waals surface area contributed by atoms with E-state index in [1.54, 1.807) is 17.0 Å². The summed E-state index contributed by atoms with van der Waals surface area (Å²) in [7, 11) is 0. The molecule has 1 amide bonds. The number of phenolic OH excluding ortho intramolecular Hbond substituents is 1. The summed E-state index contributed by atoms with van der Waals surface area (Å²) >= 11 is 3.26. The van der Waals surface area contributed by atoms with Crippen LogP contribution in [-0.2, 0) is 0 Å². The molecule has 3 N–H and O–H groups in total. The van der Waals surface area contributed by atoms with E-state index in [9.17, 15) is 9.90 Å². The van der Waals surface area contributed by atoms with Gasteiger partial charge >= 0.3 is 0 Å². The zero-order valence-corrected chi connectivity index (χ0v) is 11.9. The average molecular weight is 313 g/mol. The molecule has 1 heterocycles. The Morgan fingerprint density at radius 2 is 2.33 bits per heavy atom. The summed E-state index contributed by atoms with van der Waals surface area (Å²) in [6.45, 7) is 3.35. The van der Waals surface area contributed by atoms with Gasteiger partial charge in [0.25, 0.3) is 5.91 Å². The topological polar surface area (TPSA) is 66.6 Å². The van der Waals surface area contributed by atoms with Crippen LogP contribution in [0.3, 0.4) is 0 Å². The number of rotatable bonds is 2. The molecule has 1 aliphatic rings. The Labute approximate surface area is 115 Å². The second kappa shape index (κ2) is 5.28. The molecule has 1 fully saturated rings. The van der Waals surface area contributed by atoms with E-state index in [-0.39, 0.29) is 17.7 Å². The molecule has 0 aromatic heterocycles. The summed E-state index contributed by atoms with van der Waals surface area (Å²) in [5.74, 6) is 0.244. The fourth-order valence-corrected chi connectivity index (χ4v) is 2.61. The van der Waals surface area contributed by atoms with Gasteiger partial charge in [0.05, 0.1) is 5.56 Å². The maximum absolute atomic E-state index is 12.3. The molecule has 0 radical (unpaired) electrons. The first kappa shape index (κ1) is 13.4. The number of halogens is 1. The van der Waals surface area contributed by atoms with Crippen molar-refractivity contribution in [2.24, 2.45) is 11.7 Å². The number of nitrogens with two attached hydrogens (primary N) is 1. The number of hydrogen-bond donors (Lipinski definition) is 2. The van der Waals surface area contributed by atoms with Crippen LogP contribution >= 0.6 is 15.9 Å². The number of nitrogens with zero attached hydrogens (tertiary/aromatic N) is 1. The van der Waals surface area contributed by atoms with Gasteiger partial charge in [0.1, 0.15) is 5.75 Å². The first-order valence-corrected chi connectivity index (χ1v) is 6.81. The molecule has 2 unspecified atom stereocenters. The lowest BCUT2D eigenvalue weighted by atomic mass is 10.0. The van der Waals surface area contributed by atoms with Gasteiger partial charge in [-0.3, -0.25) is 4.79 Å². The van der Waals surface area contributed by atoms with Gasteiger partial charge in [-0.05, 0) is 37.5 Å². The molecule has 1 aromatic carbocycles. The number of carbonyl (C=O) groups excluding carboxylic acids is 1. The van der Waals surface area contributed by atoms with Gasteiger partial charge in [0.15, 0.2) is 0 Å². The first-order valence-electron chi connectivity index (χ1n) is 6.02. The molecule has 0 aliphatic carbocycles. The van der Waals surface area contributed by atoms with E-state index in [1.807, 2.05) is 6.92 Å². The number of aromatic hydroxyl groups is 1. The molecule has 2 rings (SSSR count). The van der Waals surface area contributed by atoms with Gasteiger partial charge in [0, 0.05) is 23.6 Å². The van der Waals surface area contributed by atoms with Crippen molar-refractivity contribution >= 4 is 21.8 Å². The minimum Gasteiger partial charge on any atom is -0.507 e. The molecule has 0 spiro atoms. The molecular weight excluding hydrogens is 296 g/mol. The molecule has 1 aliphatic heterocycles. The first-order chi connectivity index (χ1) is 8.49. The fraction of sp³-hybridized carbons (Fsp3) is 0.462. The van der Waals surface area contributed by atoms with E-state index in [1.165, 1.54) is 6.07 Å². The molecule has 1 aromatic rings. The van der Waals surface area contributed by atoms with Crippen LogP contribution in [0.2, 0.25) is 0 Å². The van der Waals surface area contributed by atoms with Crippen LogP contribution in [-0.4, -0.2) is 35.0 Å². The Morgan fingerprint density at radius 3 is 2.89 bits per heavy atom. The van der Waals surface area contributed by atoms with Gasteiger partial charge in [-0.25, -0.2) is 0 Å². The Bertz CT molecular complexity index is 462. The number of benzene rings is 1. The Morgan fingerprint density at radius 1 is 1.61 bits per heavy atom. The van der Waals surface area contributed by atoms with Crippen molar-refractivity contribution in [2.45, 2.75) is 19.4 Å².